The Morgan fingerprint density at radius 2 is 1.65 bits per heavy atom. The van der Waals surface area contributed by atoms with Crippen molar-refractivity contribution in [1.82, 2.24) is 0 Å². The van der Waals surface area contributed by atoms with Crippen LogP contribution in [0.15, 0.2) is 48.5 Å². The van der Waals surface area contributed by atoms with E-state index in [0.717, 1.165) is 49.8 Å². The maximum atomic E-state index is 12.4. The molecule has 3 rings (SSSR count). The first-order valence-electron chi connectivity index (χ1n) is 9.25. The van der Waals surface area contributed by atoms with Crippen LogP contribution in [0.1, 0.15) is 19.4 Å². The molecule has 0 saturated carbocycles. The van der Waals surface area contributed by atoms with E-state index < -0.39 is 0 Å². The Bertz CT molecular complexity index is 707. The van der Waals surface area contributed by atoms with Crippen LogP contribution in [0.5, 0.6) is 0 Å². The fourth-order valence-corrected chi connectivity index (χ4v) is 2.98. The number of hydrogen-bond donors (Lipinski definition) is 2. The average molecular weight is 353 g/mol. The first-order chi connectivity index (χ1) is 12.7. The molecule has 0 bridgehead atoms. The number of amides is 1. The van der Waals surface area contributed by atoms with Crippen LogP contribution in [-0.4, -0.2) is 38.3 Å². The van der Waals surface area contributed by atoms with E-state index in [9.17, 15) is 4.79 Å². The van der Waals surface area contributed by atoms with Gasteiger partial charge in [-0.3, -0.25) is 4.79 Å². The summed E-state index contributed by atoms with van der Waals surface area (Å²) in [5.74, 6) is -0.0521. The van der Waals surface area contributed by atoms with Crippen molar-refractivity contribution in [2.24, 2.45) is 0 Å². The highest BCUT2D eigenvalue weighted by Crippen LogP contribution is 2.19. The zero-order valence-corrected chi connectivity index (χ0v) is 15.5. The maximum absolute atomic E-state index is 12.4. The van der Waals surface area contributed by atoms with Crippen molar-refractivity contribution in [3.8, 4) is 0 Å². The van der Waals surface area contributed by atoms with Crippen LogP contribution in [-0.2, 0) is 16.0 Å². The van der Waals surface area contributed by atoms with E-state index in [-0.39, 0.29) is 11.9 Å². The Kier molecular flexibility index (Phi) is 6.12. The number of carbonyl (C=O) groups is 1. The Morgan fingerprint density at radius 3 is 2.27 bits per heavy atom. The van der Waals surface area contributed by atoms with Crippen molar-refractivity contribution in [1.29, 1.82) is 0 Å². The summed E-state index contributed by atoms with van der Waals surface area (Å²) in [5, 5.41) is 6.21. The molecule has 1 aliphatic rings. The normalized spacial score (nSPS) is 15.4. The monoisotopic (exact) mass is 353 g/mol. The van der Waals surface area contributed by atoms with Gasteiger partial charge in [0.2, 0.25) is 5.91 Å². The summed E-state index contributed by atoms with van der Waals surface area (Å²) >= 11 is 0. The average Bonchev–Trinajstić information content (AvgIpc) is 2.70. The number of nitrogens with one attached hydrogen (secondary N) is 2. The van der Waals surface area contributed by atoms with Crippen LogP contribution >= 0.6 is 0 Å². The lowest BCUT2D eigenvalue weighted by Crippen LogP contribution is -2.36. The van der Waals surface area contributed by atoms with Gasteiger partial charge in [-0.05, 0) is 55.3 Å². The minimum atomic E-state index is -0.318. The first-order valence-corrected chi connectivity index (χ1v) is 9.25. The number of hydrogen-bond acceptors (Lipinski definition) is 4. The second-order valence-corrected chi connectivity index (χ2v) is 6.55. The van der Waals surface area contributed by atoms with Crippen LogP contribution in [0.4, 0.5) is 17.1 Å². The van der Waals surface area contributed by atoms with Crippen molar-refractivity contribution in [2.75, 3.05) is 41.8 Å². The number of anilines is 3. The van der Waals surface area contributed by atoms with Gasteiger partial charge in [0, 0.05) is 30.2 Å². The van der Waals surface area contributed by atoms with E-state index in [0.29, 0.717) is 0 Å². The van der Waals surface area contributed by atoms with Gasteiger partial charge in [-0.1, -0.05) is 19.1 Å². The zero-order chi connectivity index (χ0) is 18.4. The molecule has 1 amide bonds. The van der Waals surface area contributed by atoms with Crippen LogP contribution in [0.25, 0.3) is 0 Å². The third-order valence-electron chi connectivity index (χ3n) is 4.65. The van der Waals surface area contributed by atoms with Gasteiger partial charge >= 0.3 is 0 Å². The molecule has 0 spiro atoms. The predicted molar refractivity (Wildman–Crippen MR) is 107 cm³/mol. The fraction of sp³-hybridized carbons (Fsp3) is 0.381. The summed E-state index contributed by atoms with van der Waals surface area (Å²) in [7, 11) is 0. The standard InChI is InChI=1S/C21H27N3O2/c1-3-17-4-6-18(7-5-17)22-16(2)21(25)23-19-8-10-20(11-9-19)24-12-14-26-15-13-24/h4-11,16,22H,3,12-15H2,1-2H3,(H,23,25)/t16-/m1/s1. The van der Waals surface area contributed by atoms with Crippen molar-refractivity contribution < 1.29 is 9.53 Å². The molecule has 0 aliphatic carbocycles. The van der Waals surface area contributed by atoms with Gasteiger partial charge in [0.15, 0.2) is 0 Å². The van der Waals surface area contributed by atoms with E-state index in [2.05, 4.69) is 34.6 Å². The van der Waals surface area contributed by atoms with Gasteiger partial charge in [0.1, 0.15) is 6.04 Å². The van der Waals surface area contributed by atoms with Gasteiger partial charge in [0.05, 0.1) is 13.2 Å². The van der Waals surface area contributed by atoms with Gasteiger partial charge in [-0.15, -0.1) is 0 Å². The molecule has 1 atom stereocenters. The number of rotatable bonds is 6. The molecule has 1 saturated heterocycles. The summed E-state index contributed by atoms with van der Waals surface area (Å²) in [6.07, 6.45) is 1.01. The fourth-order valence-electron chi connectivity index (χ4n) is 2.98. The minimum absolute atomic E-state index is 0.0521. The Morgan fingerprint density at radius 1 is 1.04 bits per heavy atom. The van der Waals surface area contributed by atoms with Gasteiger partial charge in [0.25, 0.3) is 0 Å². The SMILES string of the molecule is CCc1ccc(N[C@H](C)C(=O)Nc2ccc(N3CCOCC3)cc2)cc1. The van der Waals surface area contributed by atoms with Crippen molar-refractivity contribution >= 4 is 23.0 Å². The Labute approximate surface area is 155 Å². The number of benzene rings is 2. The third kappa shape index (κ3) is 4.76. The van der Waals surface area contributed by atoms with E-state index in [1.807, 2.05) is 43.3 Å². The molecule has 2 aromatic rings. The molecular weight excluding hydrogens is 326 g/mol. The van der Waals surface area contributed by atoms with Crippen LogP contribution in [0.3, 0.4) is 0 Å². The highest BCUT2D eigenvalue weighted by molar-refractivity contribution is 5.96. The molecule has 2 N–H and O–H groups in total. The second kappa shape index (κ2) is 8.72. The summed E-state index contributed by atoms with van der Waals surface area (Å²) in [6, 6.07) is 15.9. The first kappa shape index (κ1) is 18.3. The van der Waals surface area contributed by atoms with Crippen LogP contribution < -0.4 is 15.5 Å². The molecule has 138 valence electrons. The molecule has 0 unspecified atom stereocenters. The van der Waals surface area contributed by atoms with Gasteiger partial charge in [-0.2, -0.15) is 0 Å². The molecule has 5 nitrogen and oxygen atoms in total. The largest absolute Gasteiger partial charge is 0.378 e. The van der Waals surface area contributed by atoms with Crippen molar-refractivity contribution in [3.05, 3.63) is 54.1 Å². The van der Waals surface area contributed by atoms with Gasteiger partial charge < -0.3 is 20.3 Å². The molecule has 2 aromatic carbocycles. The second-order valence-electron chi connectivity index (χ2n) is 6.55. The number of nitrogens with zero attached hydrogens (tertiary/aromatic N) is 1. The van der Waals surface area contributed by atoms with Crippen molar-refractivity contribution in [3.63, 3.8) is 0 Å². The lowest BCUT2D eigenvalue weighted by molar-refractivity contribution is -0.116. The summed E-state index contributed by atoms with van der Waals surface area (Å²) in [4.78, 5) is 14.7. The highest BCUT2D eigenvalue weighted by Gasteiger charge is 2.14. The maximum Gasteiger partial charge on any atom is 0.246 e. The van der Waals surface area contributed by atoms with Crippen molar-refractivity contribution in [2.45, 2.75) is 26.3 Å². The van der Waals surface area contributed by atoms with Gasteiger partial charge in [-0.25, -0.2) is 0 Å². The topological polar surface area (TPSA) is 53.6 Å². The van der Waals surface area contributed by atoms with Crippen LogP contribution in [0, 0.1) is 0 Å². The minimum Gasteiger partial charge on any atom is -0.378 e. The molecule has 0 aromatic heterocycles. The zero-order valence-electron chi connectivity index (χ0n) is 15.5. The molecule has 26 heavy (non-hydrogen) atoms. The highest BCUT2D eigenvalue weighted by atomic mass is 16.5. The summed E-state index contributed by atoms with van der Waals surface area (Å²) in [6.45, 7) is 7.34. The Balaban J connectivity index is 1.54. The molecule has 5 heteroatoms. The molecule has 1 heterocycles. The van der Waals surface area contributed by atoms with E-state index in [1.54, 1.807) is 0 Å². The quantitative estimate of drug-likeness (QED) is 0.834. The van der Waals surface area contributed by atoms with E-state index >= 15 is 0 Å². The molecule has 1 aliphatic heterocycles. The summed E-state index contributed by atoms with van der Waals surface area (Å²) < 4.78 is 5.38. The smallest absolute Gasteiger partial charge is 0.246 e. The lowest BCUT2D eigenvalue weighted by atomic mass is 10.1. The van der Waals surface area contributed by atoms with E-state index in [1.165, 1.54) is 5.56 Å². The third-order valence-corrected chi connectivity index (χ3v) is 4.65. The molecule has 0 radical (unpaired) electrons. The number of ether oxygens (including phenoxy) is 1. The molecular formula is C21H27N3O2. The number of carbonyl (C=O) groups excluding carboxylic acids is 1. The summed E-state index contributed by atoms with van der Waals surface area (Å²) in [5.41, 5.74) is 4.20. The predicted octanol–water partition coefficient (Wildman–Crippen LogP) is 3.52. The Hall–Kier alpha value is -2.53. The van der Waals surface area contributed by atoms with E-state index in [4.69, 9.17) is 4.74 Å². The molecule has 1 fully saturated rings. The lowest BCUT2D eigenvalue weighted by Gasteiger charge is -2.29. The number of aryl methyl sites for hydroxylation is 1. The van der Waals surface area contributed by atoms with Crippen LogP contribution in [0.2, 0.25) is 0 Å². The number of morpholine rings is 1.